The van der Waals surface area contributed by atoms with E-state index in [1.807, 2.05) is 13.8 Å². The van der Waals surface area contributed by atoms with E-state index in [0.29, 0.717) is 6.54 Å². The summed E-state index contributed by atoms with van der Waals surface area (Å²) >= 11 is 0. The van der Waals surface area contributed by atoms with Crippen LogP contribution < -0.4 is 5.32 Å². The number of rotatable bonds is 7. The Balaban J connectivity index is 2.44. The van der Waals surface area contributed by atoms with Crippen LogP contribution in [0, 0.1) is 5.41 Å². The number of nitrogens with one attached hydrogen (secondary N) is 1. The summed E-state index contributed by atoms with van der Waals surface area (Å²) in [4.78, 5) is 24.0. The number of urea groups is 1. The molecule has 18 heavy (non-hydrogen) atoms. The summed E-state index contributed by atoms with van der Waals surface area (Å²) in [7, 11) is 0. The fourth-order valence-electron chi connectivity index (χ4n) is 2.22. The topological polar surface area (TPSA) is 69.6 Å². The lowest BCUT2D eigenvalue weighted by Gasteiger charge is -2.26. The fraction of sp³-hybridized carbons (Fsp3) is 0.846. The molecule has 0 bridgehead atoms. The molecule has 0 aromatic rings. The van der Waals surface area contributed by atoms with E-state index >= 15 is 0 Å². The Labute approximate surface area is 109 Å². The van der Waals surface area contributed by atoms with Crippen LogP contribution in [0.1, 0.15) is 46.5 Å². The smallest absolute Gasteiger partial charge is 0.323 e. The van der Waals surface area contributed by atoms with E-state index < -0.39 is 5.97 Å². The van der Waals surface area contributed by atoms with Crippen LogP contribution in [-0.4, -0.2) is 41.1 Å². The Morgan fingerprint density at radius 1 is 1.39 bits per heavy atom. The molecular weight excluding hydrogens is 232 g/mol. The van der Waals surface area contributed by atoms with Crippen molar-refractivity contribution in [3.63, 3.8) is 0 Å². The Bertz CT molecular complexity index is 311. The first-order chi connectivity index (χ1) is 8.40. The second-order valence-electron chi connectivity index (χ2n) is 5.52. The van der Waals surface area contributed by atoms with Crippen molar-refractivity contribution in [1.29, 1.82) is 0 Å². The van der Waals surface area contributed by atoms with E-state index in [1.54, 1.807) is 0 Å². The molecular formula is C13H24N2O3. The number of amides is 2. The number of aliphatic carboxylic acids is 1. The maximum atomic E-state index is 12.0. The van der Waals surface area contributed by atoms with Crippen molar-refractivity contribution < 1.29 is 14.7 Å². The highest BCUT2D eigenvalue weighted by molar-refractivity contribution is 5.80. The summed E-state index contributed by atoms with van der Waals surface area (Å²) < 4.78 is 0. The highest BCUT2D eigenvalue weighted by Crippen LogP contribution is 2.48. The molecule has 5 heteroatoms. The minimum atomic E-state index is -0.978. The van der Waals surface area contributed by atoms with Crippen molar-refractivity contribution in [3.05, 3.63) is 0 Å². The molecule has 0 radical (unpaired) electrons. The predicted molar refractivity (Wildman–Crippen MR) is 69.5 cm³/mol. The van der Waals surface area contributed by atoms with Gasteiger partial charge in [-0.3, -0.25) is 4.79 Å². The van der Waals surface area contributed by atoms with Gasteiger partial charge in [-0.15, -0.1) is 0 Å². The van der Waals surface area contributed by atoms with Gasteiger partial charge in [-0.25, -0.2) is 4.79 Å². The van der Waals surface area contributed by atoms with Crippen molar-refractivity contribution in [2.45, 2.75) is 52.5 Å². The second kappa shape index (κ2) is 6.07. The van der Waals surface area contributed by atoms with Crippen LogP contribution in [0.5, 0.6) is 0 Å². The van der Waals surface area contributed by atoms with Gasteiger partial charge in [0.1, 0.15) is 6.54 Å². The van der Waals surface area contributed by atoms with Gasteiger partial charge in [0.2, 0.25) is 0 Å². The molecule has 5 nitrogen and oxygen atoms in total. The molecule has 0 spiro atoms. The number of carbonyl (C=O) groups is 2. The molecule has 1 rings (SSSR count). The maximum absolute atomic E-state index is 12.0. The summed E-state index contributed by atoms with van der Waals surface area (Å²) in [6, 6.07) is -0.378. The van der Waals surface area contributed by atoms with Crippen LogP contribution in [0.25, 0.3) is 0 Å². The Kier molecular flexibility index (Phi) is 4.99. The average molecular weight is 256 g/mol. The van der Waals surface area contributed by atoms with Crippen molar-refractivity contribution in [2.75, 3.05) is 13.1 Å². The molecule has 2 N–H and O–H groups in total. The predicted octanol–water partition coefficient (Wildman–Crippen LogP) is 2.07. The standard InChI is InChI=1S/C13H24N2O3/c1-4-5-13(6-7-13)9-14-12(18)15(10(2)3)8-11(16)17/h10H,4-9H2,1-3H3,(H,14,18)(H,16,17). The first-order valence-electron chi connectivity index (χ1n) is 6.66. The molecule has 0 aromatic carbocycles. The zero-order valence-corrected chi connectivity index (χ0v) is 11.5. The van der Waals surface area contributed by atoms with Gasteiger partial charge in [-0.05, 0) is 38.5 Å². The molecule has 2 amide bonds. The third-order valence-corrected chi connectivity index (χ3v) is 3.54. The molecule has 0 aliphatic heterocycles. The lowest BCUT2D eigenvalue weighted by atomic mass is 10.0. The van der Waals surface area contributed by atoms with Gasteiger partial charge in [0.25, 0.3) is 0 Å². The van der Waals surface area contributed by atoms with Crippen molar-refractivity contribution in [1.82, 2.24) is 10.2 Å². The molecule has 0 saturated heterocycles. The minimum absolute atomic E-state index is 0.109. The average Bonchev–Trinajstić information content (AvgIpc) is 3.03. The monoisotopic (exact) mass is 256 g/mol. The van der Waals surface area contributed by atoms with Crippen LogP contribution in [0.3, 0.4) is 0 Å². The van der Waals surface area contributed by atoms with E-state index in [9.17, 15) is 9.59 Å². The molecule has 0 unspecified atom stereocenters. The molecule has 1 aliphatic carbocycles. The van der Waals surface area contributed by atoms with Crippen molar-refractivity contribution in [2.24, 2.45) is 5.41 Å². The van der Waals surface area contributed by atoms with Crippen molar-refractivity contribution in [3.8, 4) is 0 Å². The number of hydrogen-bond acceptors (Lipinski definition) is 2. The number of carbonyl (C=O) groups excluding carboxylic acids is 1. The SMILES string of the molecule is CCCC1(CNC(=O)N(CC(=O)O)C(C)C)CC1. The summed E-state index contributed by atoms with van der Waals surface area (Å²) in [6.45, 7) is 6.21. The largest absolute Gasteiger partial charge is 0.480 e. The van der Waals surface area contributed by atoms with Gasteiger partial charge in [0.05, 0.1) is 0 Å². The first kappa shape index (κ1) is 14.8. The first-order valence-corrected chi connectivity index (χ1v) is 6.66. The minimum Gasteiger partial charge on any atom is -0.480 e. The summed E-state index contributed by atoms with van der Waals surface area (Å²) in [5, 5.41) is 11.7. The number of nitrogens with zero attached hydrogens (tertiary/aromatic N) is 1. The second-order valence-corrected chi connectivity index (χ2v) is 5.52. The van der Waals surface area contributed by atoms with Crippen LogP contribution in [0.15, 0.2) is 0 Å². The van der Waals surface area contributed by atoms with Crippen LogP contribution in [-0.2, 0) is 4.79 Å². The van der Waals surface area contributed by atoms with E-state index in [2.05, 4.69) is 12.2 Å². The van der Waals surface area contributed by atoms with Gasteiger partial charge in [-0.1, -0.05) is 13.3 Å². The van der Waals surface area contributed by atoms with Gasteiger partial charge in [0.15, 0.2) is 0 Å². The summed E-state index contributed by atoms with van der Waals surface area (Å²) in [5.74, 6) is -0.978. The van der Waals surface area contributed by atoms with Gasteiger partial charge in [0, 0.05) is 12.6 Å². The zero-order valence-electron chi connectivity index (χ0n) is 11.5. The third-order valence-electron chi connectivity index (χ3n) is 3.54. The summed E-state index contributed by atoms with van der Waals surface area (Å²) in [5.41, 5.74) is 0.288. The lowest BCUT2D eigenvalue weighted by molar-refractivity contribution is -0.138. The number of hydrogen-bond donors (Lipinski definition) is 2. The Morgan fingerprint density at radius 2 is 2.00 bits per heavy atom. The van der Waals surface area contributed by atoms with E-state index in [0.717, 1.165) is 12.8 Å². The highest BCUT2D eigenvalue weighted by atomic mass is 16.4. The van der Waals surface area contributed by atoms with Crippen molar-refractivity contribution >= 4 is 12.0 Å². The van der Waals surface area contributed by atoms with Crippen LogP contribution >= 0.6 is 0 Å². The number of carboxylic acids is 1. The number of carboxylic acid groups (broad SMARTS) is 1. The molecule has 1 saturated carbocycles. The molecule has 0 aromatic heterocycles. The molecule has 1 fully saturated rings. The van der Waals surface area contributed by atoms with E-state index in [4.69, 9.17) is 5.11 Å². The van der Waals surface area contributed by atoms with Crippen LogP contribution in [0.2, 0.25) is 0 Å². The van der Waals surface area contributed by atoms with Gasteiger partial charge >= 0.3 is 12.0 Å². The van der Waals surface area contributed by atoms with Gasteiger partial charge < -0.3 is 15.3 Å². The van der Waals surface area contributed by atoms with E-state index in [-0.39, 0.29) is 24.0 Å². The zero-order chi connectivity index (χ0) is 13.8. The maximum Gasteiger partial charge on any atom is 0.323 e. The summed E-state index contributed by atoms with van der Waals surface area (Å²) in [6.07, 6.45) is 4.59. The Morgan fingerprint density at radius 3 is 2.39 bits per heavy atom. The van der Waals surface area contributed by atoms with E-state index in [1.165, 1.54) is 17.7 Å². The Hall–Kier alpha value is -1.26. The van der Waals surface area contributed by atoms with Gasteiger partial charge in [-0.2, -0.15) is 0 Å². The third kappa shape index (κ3) is 4.20. The normalized spacial score (nSPS) is 16.4. The fourth-order valence-corrected chi connectivity index (χ4v) is 2.22. The van der Waals surface area contributed by atoms with Crippen LogP contribution in [0.4, 0.5) is 4.79 Å². The molecule has 1 aliphatic rings. The highest BCUT2D eigenvalue weighted by Gasteiger charge is 2.41. The molecule has 0 atom stereocenters. The quantitative estimate of drug-likeness (QED) is 0.732. The molecule has 0 heterocycles. The lowest BCUT2D eigenvalue weighted by Crippen LogP contribution is -2.47. The molecule has 104 valence electrons.